The van der Waals surface area contributed by atoms with Crippen LogP contribution in [-0.2, 0) is 4.79 Å². The van der Waals surface area contributed by atoms with E-state index in [1.54, 1.807) is 6.92 Å². The van der Waals surface area contributed by atoms with Crippen molar-refractivity contribution in [3.8, 4) is 0 Å². The molecule has 0 aromatic heterocycles. The predicted octanol–water partition coefficient (Wildman–Crippen LogP) is 2.18. The van der Waals surface area contributed by atoms with Crippen LogP contribution in [-0.4, -0.2) is 48.7 Å². The summed E-state index contributed by atoms with van der Waals surface area (Å²) in [6.45, 7) is 5.98. The number of carbonyl (C=O) groups is 1. The summed E-state index contributed by atoms with van der Waals surface area (Å²) in [7, 11) is 0. The Morgan fingerprint density at radius 1 is 1.37 bits per heavy atom. The summed E-state index contributed by atoms with van der Waals surface area (Å²) in [4.78, 5) is 15.3. The number of aliphatic carboxylic acids is 1. The van der Waals surface area contributed by atoms with Gasteiger partial charge < -0.3 is 10.0 Å². The monoisotopic (exact) mass is 282 g/mol. The number of hydrogen-bond acceptors (Lipinski definition) is 3. The van der Waals surface area contributed by atoms with Gasteiger partial charge in [-0.05, 0) is 18.2 Å². The van der Waals surface area contributed by atoms with Crippen molar-refractivity contribution in [3.63, 3.8) is 0 Å². The number of anilines is 1. The van der Waals surface area contributed by atoms with Crippen LogP contribution < -0.4 is 4.90 Å². The lowest BCUT2D eigenvalue weighted by molar-refractivity contribution is -0.141. The maximum atomic E-state index is 10.8. The Labute approximate surface area is 118 Å². The van der Waals surface area contributed by atoms with Crippen molar-refractivity contribution in [1.82, 2.24) is 4.90 Å². The molecule has 1 aromatic carbocycles. The molecule has 1 aliphatic rings. The fourth-order valence-electron chi connectivity index (χ4n) is 2.33. The smallest absolute Gasteiger partial charge is 0.307 e. The van der Waals surface area contributed by atoms with E-state index in [4.69, 9.17) is 16.7 Å². The molecule has 0 amide bonds. The molecule has 19 heavy (non-hydrogen) atoms. The molecule has 104 valence electrons. The molecule has 0 aliphatic carbocycles. The lowest BCUT2D eigenvalue weighted by Crippen LogP contribution is -2.48. The minimum Gasteiger partial charge on any atom is -0.481 e. The number of nitrogens with zero attached hydrogens (tertiary/aromatic N) is 2. The minimum absolute atomic E-state index is 0.308. The zero-order valence-corrected chi connectivity index (χ0v) is 11.8. The maximum Gasteiger partial charge on any atom is 0.307 e. The van der Waals surface area contributed by atoms with Gasteiger partial charge in [0.2, 0.25) is 0 Å². The highest BCUT2D eigenvalue weighted by atomic mass is 35.5. The van der Waals surface area contributed by atoms with Gasteiger partial charge in [0.05, 0.1) is 5.92 Å². The summed E-state index contributed by atoms with van der Waals surface area (Å²) in [5.74, 6) is -1.03. The number of halogens is 1. The van der Waals surface area contributed by atoms with Gasteiger partial charge >= 0.3 is 5.97 Å². The van der Waals surface area contributed by atoms with Crippen molar-refractivity contribution in [1.29, 1.82) is 0 Å². The van der Waals surface area contributed by atoms with E-state index in [2.05, 4.69) is 15.9 Å². The van der Waals surface area contributed by atoms with Crippen molar-refractivity contribution in [2.75, 3.05) is 37.6 Å². The molecule has 1 aromatic rings. The molecule has 5 heteroatoms. The number of carboxylic acids is 1. The summed E-state index contributed by atoms with van der Waals surface area (Å²) in [5, 5.41) is 9.67. The van der Waals surface area contributed by atoms with E-state index in [-0.39, 0.29) is 5.92 Å². The van der Waals surface area contributed by atoms with Crippen molar-refractivity contribution in [3.05, 3.63) is 29.3 Å². The third-order valence-corrected chi connectivity index (χ3v) is 3.73. The molecule has 0 bridgehead atoms. The van der Waals surface area contributed by atoms with Gasteiger partial charge in [0.25, 0.3) is 0 Å². The van der Waals surface area contributed by atoms with E-state index < -0.39 is 5.97 Å². The second-order valence-electron chi connectivity index (χ2n) is 5.01. The summed E-state index contributed by atoms with van der Waals surface area (Å²) < 4.78 is 0. The van der Waals surface area contributed by atoms with Gasteiger partial charge in [0, 0.05) is 43.4 Å². The molecule has 1 unspecified atom stereocenters. The van der Waals surface area contributed by atoms with Gasteiger partial charge in [-0.25, -0.2) is 0 Å². The molecule has 1 heterocycles. The van der Waals surface area contributed by atoms with Crippen LogP contribution in [0.3, 0.4) is 0 Å². The second kappa shape index (κ2) is 6.26. The molecule has 1 fully saturated rings. The average molecular weight is 283 g/mol. The number of carboxylic acid groups (broad SMARTS) is 1. The molecular formula is C14H19ClN2O2. The van der Waals surface area contributed by atoms with E-state index in [0.29, 0.717) is 6.54 Å². The lowest BCUT2D eigenvalue weighted by Gasteiger charge is -2.36. The summed E-state index contributed by atoms with van der Waals surface area (Å²) in [6, 6.07) is 7.85. The van der Waals surface area contributed by atoms with Gasteiger partial charge in [-0.2, -0.15) is 0 Å². The van der Waals surface area contributed by atoms with E-state index >= 15 is 0 Å². The Morgan fingerprint density at radius 3 is 2.63 bits per heavy atom. The van der Waals surface area contributed by atoms with Crippen LogP contribution in [0, 0.1) is 5.92 Å². The van der Waals surface area contributed by atoms with E-state index in [0.717, 1.165) is 36.9 Å². The van der Waals surface area contributed by atoms with Crippen molar-refractivity contribution < 1.29 is 9.90 Å². The summed E-state index contributed by atoms with van der Waals surface area (Å²) in [5.41, 5.74) is 1.14. The first-order chi connectivity index (χ1) is 9.06. The zero-order valence-electron chi connectivity index (χ0n) is 11.1. The van der Waals surface area contributed by atoms with Crippen LogP contribution in [0.4, 0.5) is 5.69 Å². The van der Waals surface area contributed by atoms with Crippen molar-refractivity contribution >= 4 is 23.3 Å². The topological polar surface area (TPSA) is 43.8 Å². The Bertz CT molecular complexity index is 445. The van der Waals surface area contributed by atoms with Gasteiger partial charge in [-0.15, -0.1) is 0 Å². The first kappa shape index (κ1) is 14.2. The normalized spacial score (nSPS) is 18.3. The van der Waals surface area contributed by atoms with Gasteiger partial charge in [-0.3, -0.25) is 9.69 Å². The number of piperazine rings is 1. The Kier molecular flexibility index (Phi) is 4.66. The zero-order chi connectivity index (χ0) is 13.8. The lowest BCUT2D eigenvalue weighted by atomic mass is 10.1. The van der Waals surface area contributed by atoms with Gasteiger partial charge in [0.1, 0.15) is 0 Å². The maximum absolute atomic E-state index is 10.8. The van der Waals surface area contributed by atoms with E-state index in [1.165, 1.54) is 0 Å². The number of benzene rings is 1. The molecule has 4 nitrogen and oxygen atoms in total. The molecule has 1 saturated heterocycles. The van der Waals surface area contributed by atoms with Crippen LogP contribution in [0.15, 0.2) is 24.3 Å². The first-order valence-corrected chi connectivity index (χ1v) is 6.90. The SMILES string of the molecule is CC(CN1CCN(c2cccc(Cl)c2)CC1)C(=O)O. The average Bonchev–Trinajstić information content (AvgIpc) is 2.39. The summed E-state index contributed by atoms with van der Waals surface area (Å²) in [6.07, 6.45) is 0. The predicted molar refractivity (Wildman–Crippen MR) is 76.9 cm³/mol. The summed E-state index contributed by atoms with van der Waals surface area (Å²) >= 11 is 5.99. The molecular weight excluding hydrogens is 264 g/mol. The molecule has 0 radical (unpaired) electrons. The molecule has 1 N–H and O–H groups in total. The fraction of sp³-hybridized carbons (Fsp3) is 0.500. The van der Waals surface area contributed by atoms with Crippen LogP contribution in [0.1, 0.15) is 6.92 Å². The Hall–Kier alpha value is -1.26. The standard InChI is InChI=1S/C14H19ClN2O2/c1-11(14(18)19)10-16-5-7-17(8-6-16)13-4-2-3-12(15)9-13/h2-4,9,11H,5-8,10H2,1H3,(H,18,19). The molecule has 1 aliphatic heterocycles. The number of rotatable bonds is 4. The molecule has 2 rings (SSSR count). The third-order valence-electron chi connectivity index (χ3n) is 3.50. The van der Waals surface area contributed by atoms with Gasteiger partial charge in [0.15, 0.2) is 0 Å². The van der Waals surface area contributed by atoms with Gasteiger partial charge in [-0.1, -0.05) is 24.6 Å². The Morgan fingerprint density at radius 2 is 2.05 bits per heavy atom. The highest BCUT2D eigenvalue weighted by molar-refractivity contribution is 6.30. The first-order valence-electron chi connectivity index (χ1n) is 6.52. The van der Waals surface area contributed by atoms with Crippen molar-refractivity contribution in [2.24, 2.45) is 5.92 Å². The molecule has 0 spiro atoms. The molecule has 0 saturated carbocycles. The van der Waals surface area contributed by atoms with E-state index in [1.807, 2.05) is 18.2 Å². The van der Waals surface area contributed by atoms with Crippen LogP contribution in [0.25, 0.3) is 0 Å². The minimum atomic E-state index is -0.725. The van der Waals surface area contributed by atoms with E-state index in [9.17, 15) is 4.79 Å². The number of hydrogen-bond donors (Lipinski definition) is 1. The highest BCUT2D eigenvalue weighted by Crippen LogP contribution is 2.20. The van der Waals surface area contributed by atoms with Crippen LogP contribution >= 0.6 is 11.6 Å². The Balaban J connectivity index is 1.87. The fourth-order valence-corrected chi connectivity index (χ4v) is 2.51. The largest absolute Gasteiger partial charge is 0.481 e. The quantitative estimate of drug-likeness (QED) is 0.919. The molecule has 1 atom stereocenters. The van der Waals surface area contributed by atoms with Crippen LogP contribution in [0.2, 0.25) is 5.02 Å². The third kappa shape index (κ3) is 3.85. The highest BCUT2D eigenvalue weighted by Gasteiger charge is 2.21. The van der Waals surface area contributed by atoms with Crippen LogP contribution in [0.5, 0.6) is 0 Å². The second-order valence-corrected chi connectivity index (χ2v) is 5.44. The van der Waals surface area contributed by atoms with Crippen molar-refractivity contribution in [2.45, 2.75) is 6.92 Å².